The van der Waals surface area contributed by atoms with Gasteiger partial charge in [0.1, 0.15) is 25.4 Å². The quantitative estimate of drug-likeness (QED) is 0.0345. The fraction of sp³-hybridized carbons (Fsp3) is 0.863. The molecule has 0 saturated heterocycles. The van der Waals surface area contributed by atoms with Crippen LogP contribution in [0.1, 0.15) is 156 Å². The Balaban J connectivity index is 3.70. The van der Waals surface area contributed by atoms with Crippen molar-refractivity contribution in [2.45, 2.75) is 168 Å². The van der Waals surface area contributed by atoms with E-state index in [0.717, 1.165) is 45.1 Å². The number of carbonyl (C=O) groups is 7. The summed E-state index contributed by atoms with van der Waals surface area (Å²) >= 11 is 0. The highest BCUT2D eigenvalue weighted by molar-refractivity contribution is 5.91. The molecule has 408 valence electrons. The van der Waals surface area contributed by atoms with Gasteiger partial charge in [-0.25, -0.2) is 0 Å². The van der Waals surface area contributed by atoms with Gasteiger partial charge in [-0.2, -0.15) is 0 Å². The molecule has 0 aliphatic carbocycles. The van der Waals surface area contributed by atoms with E-state index in [0.29, 0.717) is 76.3 Å². The highest BCUT2D eigenvalue weighted by atomic mass is 16.6. The molecule has 70 heavy (non-hydrogen) atoms. The topological polar surface area (TPSA) is 240 Å². The number of Topliss-reactive ketones (excluding diaryl/α,β-unsaturated/α-hetero) is 2. The number of quaternary nitrogens is 1. The van der Waals surface area contributed by atoms with E-state index in [1.807, 2.05) is 34.9 Å². The van der Waals surface area contributed by atoms with Crippen LogP contribution in [-0.4, -0.2) is 182 Å². The number of nitrogens with zero attached hydrogens (tertiary/aromatic N) is 1. The number of likely N-dealkylation sites (N-methyl/N-ethyl adjacent to an activating group) is 1. The Morgan fingerprint density at radius 2 is 0.971 bits per heavy atom. The van der Waals surface area contributed by atoms with Crippen LogP contribution in [0.5, 0.6) is 0 Å². The number of nitrogens with one attached hydrogen (secondary N) is 3. The zero-order chi connectivity index (χ0) is 52.1. The Kier molecular flexibility index (Phi) is 41.9. The Hall–Kier alpha value is -3.59. The number of rotatable bonds is 50. The minimum absolute atomic E-state index is 0.0285. The van der Waals surface area contributed by atoms with Crippen molar-refractivity contribution in [2.75, 3.05) is 120 Å². The first-order valence-electron chi connectivity index (χ1n) is 26.0. The first-order valence-corrected chi connectivity index (χ1v) is 26.0. The van der Waals surface area contributed by atoms with Crippen molar-refractivity contribution in [2.24, 2.45) is 0 Å². The summed E-state index contributed by atoms with van der Waals surface area (Å²) in [5.41, 5.74) is -0.408. The lowest BCUT2D eigenvalue weighted by atomic mass is 10.0. The van der Waals surface area contributed by atoms with Crippen molar-refractivity contribution >= 4 is 41.2 Å². The molecule has 0 saturated carbocycles. The molecular weight excluding hydrogens is 909 g/mol. The molecule has 0 aromatic carbocycles. The molecule has 1 atom stereocenters. The maximum absolute atomic E-state index is 12.5. The number of ether oxygens (including phenoxy) is 7. The Bertz CT molecular complexity index is 1410. The van der Waals surface area contributed by atoms with Gasteiger partial charge in [0.15, 0.2) is 11.6 Å². The predicted molar refractivity (Wildman–Crippen MR) is 266 cm³/mol. The minimum Gasteiger partial charge on any atom is -0.481 e. The molecule has 0 unspecified atom stereocenters. The summed E-state index contributed by atoms with van der Waals surface area (Å²) in [7, 11) is 4.08. The van der Waals surface area contributed by atoms with Crippen LogP contribution >= 0.6 is 0 Å². The lowest BCUT2D eigenvalue weighted by Crippen LogP contribution is -2.47. The Morgan fingerprint density at radius 3 is 1.53 bits per heavy atom. The zero-order valence-electron chi connectivity index (χ0n) is 44.1. The molecule has 0 rings (SSSR count). The standard InChI is InChI=1S/C51H94N4O15/c1-43(56)45(54-46(58)23-19-17-15-13-11-9-7-8-10-12-14-16-18-20-24-50(63)70-51(2,3)4)40-47(59)53-27-32-66-37-38-68-41-44(57)22-21-30-64-36-39-69-42-48(60)52-26-28-55(5,6)29-33-67-35-34-65-31-25-49(61)62/h45H,7-42H2,1-6H3,(H3-,52,53,54,58,59,60,61,62)/p+1/t45-/m0/s1. The summed E-state index contributed by atoms with van der Waals surface area (Å²) in [6.45, 7) is 12.1. The van der Waals surface area contributed by atoms with Gasteiger partial charge in [-0.05, 0) is 47.0 Å². The smallest absolute Gasteiger partial charge is 0.306 e. The molecule has 0 radical (unpaired) electrons. The first kappa shape index (κ1) is 66.4. The van der Waals surface area contributed by atoms with E-state index in [2.05, 4.69) is 16.0 Å². The van der Waals surface area contributed by atoms with Crippen LogP contribution in [0, 0.1) is 0 Å². The van der Waals surface area contributed by atoms with E-state index in [4.69, 9.17) is 38.3 Å². The number of amides is 3. The van der Waals surface area contributed by atoms with Gasteiger partial charge >= 0.3 is 11.9 Å². The fourth-order valence-electron chi connectivity index (χ4n) is 6.84. The Morgan fingerprint density at radius 1 is 0.486 bits per heavy atom. The van der Waals surface area contributed by atoms with E-state index < -0.39 is 17.6 Å². The average Bonchev–Trinajstić information content (AvgIpc) is 3.27. The number of unbranched alkanes of at least 4 members (excludes halogenated alkanes) is 13. The molecule has 0 bridgehead atoms. The number of hydrogen-bond donors (Lipinski definition) is 4. The highest BCUT2D eigenvalue weighted by Gasteiger charge is 2.21. The van der Waals surface area contributed by atoms with Gasteiger partial charge < -0.3 is 58.7 Å². The number of hydrogen-bond acceptors (Lipinski definition) is 14. The van der Waals surface area contributed by atoms with E-state index in [-0.39, 0.29) is 101 Å². The summed E-state index contributed by atoms with van der Waals surface area (Å²) in [4.78, 5) is 83.5. The predicted octanol–water partition coefficient (Wildman–Crippen LogP) is 5.27. The fourth-order valence-corrected chi connectivity index (χ4v) is 6.84. The van der Waals surface area contributed by atoms with Gasteiger partial charge in [0.2, 0.25) is 17.7 Å². The summed E-state index contributed by atoms with van der Waals surface area (Å²) in [5.74, 6) is -2.14. The van der Waals surface area contributed by atoms with Crippen molar-refractivity contribution in [3.8, 4) is 0 Å². The van der Waals surface area contributed by atoms with Crippen LogP contribution < -0.4 is 16.0 Å². The lowest BCUT2D eigenvalue weighted by molar-refractivity contribution is -0.889. The molecule has 19 heteroatoms. The molecule has 0 fully saturated rings. The van der Waals surface area contributed by atoms with E-state index >= 15 is 0 Å². The van der Waals surface area contributed by atoms with Crippen molar-refractivity contribution < 1.29 is 76.3 Å². The van der Waals surface area contributed by atoms with Crippen LogP contribution in [0.15, 0.2) is 0 Å². The van der Waals surface area contributed by atoms with E-state index in [9.17, 15) is 33.6 Å². The molecule has 0 aliphatic rings. The van der Waals surface area contributed by atoms with E-state index in [1.54, 1.807) is 0 Å². The molecule has 0 aromatic heterocycles. The number of ketones is 2. The van der Waals surface area contributed by atoms with Crippen molar-refractivity contribution in [1.29, 1.82) is 0 Å². The number of esters is 1. The van der Waals surface area contributed by atoms with Gasteiger partial charge in [0, 0.05) is 32.4 Å². The van der Waals surface area contributed by atoms with Gasteiger partial charge in [-0.1, -0.05) is 77.0 Å². The van der Waals surface area contributed by atoms with Gasteiger partial charge in [-0.15, -0.1) is 0 Å². The van der Waals surface area contributed by atoms with E-state index in [1.165, 1.54) is 58.3 Å². The SMILES string of the molecule is CC(=O)[C@H](CC(=O)NCCOCCOCC(=O)CCCOCCOCC(=O)NCC[N+](C)(C)CCOCCOCCC(=O)O)NC(=O)CCCCCCCCCCCCCCCCC(=O)OC(C)(C)C. The molecule has 0 aliphatic heterocycles. The molecule has 3 amide bonds. The van der Waals surface area contributed by atoms with Gasteiger partial charge in [-0.3, -0.25) is 33.6 Å². The number of carboxylic acids is 1. The van der Waals surface area contributed by atoms with Crippen molar-refractivity contribution in [1.82, 2.24) is 16.0 Å². The molecule has 0 spiro atoms. The summed E-state index contributed by atoms with van der Waals surface area (Å²) in [6.07, 6.45) is 17.2. The normalized spacial score (nSPS) is 12.1. The second kappa shape index (κ2) is 44.1. The summed E-state index contributed by atoms with van der Waals surface area (Å²) < 4.78 is 38.4. The summed E-state index contributed by atoms with van der Waals surface area (Å²) in [5, 5.41) is 16.8. The molecule has 0 aromatic rings. The largest absolute Gasteiger partial charge is 0.481 e. The van der Waals surface area contributed by atoms with Crippen LogP contribution in [0.25, 0.3) is 0 Å². The van der Waals surface area contributed by atoms with Gasteiger partial charge in [0.05, 0.1) is 106 Å². The molecule has 0 heterocycles. The number of carbonyl (C=O) groups excluding carboxylic acids is 6. The lowest BCUT2D eigenvalue weighted by Gasteiger charge is -2.29. The number of aliphatic carboxylic acids is 1. The van der Waals surface area contributed by atoms with Crippen molar-refractivity contribution in [3.05, 3.63) is 0 Å². The minimum atomic E-state index is -0.894. The third-order valence-electron chi connectivity index (χ3n) is 10.9. The summed E-state index contributed by atoms with van der Waals surface area (Å²) in [6, 6.07) is -0.874. The van der Waals surface area contributed by atoms with Crippen LogP contribution in [0.2, 0.25) is 0 Å². The number of carboxylic acid groups (broad SMARTS) is 1. The Labute approximate surface area is 419 Å². The second-order valence-corrected chi connectivity index (χ2v) is 19.4. The molecular formula is C51H95N4O15+. The molecule has 4 N–H and O–H groups in total. The van der Waals surface area contributed by atoms with Gasteiger partial charge in [0.25, 0.3) is 0 Å². The van der Waals surface area contributed by atoms with Crippen LogP contribution in [0.3, 0.4) is 0 Å². The maximum Gasteiger partial charge on any atom is 0.306 e. The average molecular weight is 1000 g/mol. The second-order valence-electron chi connectivity index (χ2n) is 19.4. The van der Waals surface area contributed by atoms with Crippen LogP contribution in [-0.2, 0) is 66.7 Å². The van der Waals surface area contributed by atoms with Crippen molar-refractivity contribution in [3.63, 3.8) is 0 Å². The third-order valence-corrected chi connectivity index (χ3v) is 10.9. The maximum atomic E-state index is 12.5. The zero-order valence-corrected chi connectivity index (χ0v) is 44.1. The van der Waals surface area contributed by atoms with Crippen LogP contribution in [0.4, 0.5) is 0 Å². The highest BCUT2D eigenvalue weighted by Crippen LogP contribution is 2.15. The molecule has 19 nitrogen and oxygen atoms in total. The third kappa shape index (κ3) is 48.1. The first-order chi connectivity index (χ1) is 33.4. The monoisotopic (exact) mass is 1000 g/mol.